The molecule has 2 aliphatic rings. The summed E-state index contributed by atoms with van der Waals surface area (Å²) in [5, 5.41) is 9.09. The zero-order valence-electron chi connectivity index (χ0n) is 11.5. The number of carboxylic acids is 1. The van der Waals surface area contributed by atoms with Crippen molar-refractivity contribution in [2.45, 2.75) is 25.8 Å². The number of likely N-dealkylation sites (tertiary alicyclic amines) is 1. The predicted octanol–water partition coefficient (Wildman–Crippen LogP) is 2.32. The molecule has 3 rings (SSSR count). The lowest BCUT2D eigenvalue weighted by Crippen LogP contribution is -2.56. The van der Waals surface area contributed by atoms with Gasteiger partial charge >= 0.3 is 5.97 Å². The molecule has 20 heavy (non-hydrogen) atoms. The van der Waals surface area contributed by atoms with E-state index in [1.54, 1.807) is 0 Å². The fraction of sp³-hybridized carbons (Fsp3) is 0.500. The number of nitrogens with zero attached hydrogens (tertiary/aromatic N) is 1. The van der Waals surface area contributed by atoms with Crippen LogP contribution < -0.4 is 0 Å². The molecule has 1 aromatic rings. The first kappa shape index (κ1) is 13.2. The number of amides is 1. The highest BCUT2D eigenvalue weighted by atomic mass is 16.4. The fourth-order valence-electron chi connectivity index (χ4n) is 3.38. The van der Waals surface area contributed by atoms with Crippen molar-refractivity contribution < 1.29 is 14.7 Å². The molecule has 0 spiro atoms. The van der Waals surface area contributed by atoms with Crippen molar-refractivity contribution in [2.75, 3.05) is 6.54 Å². The molecular weight excluding hydrogens is 254 g/mol. The number of hydrogen-bond donors (Lipinski definition) is 1. The second-order valence-corrected chi connectivity index (χ2v) is 5.95. The number of hydrogen-bond acceptors (Lipinski definition) is 2. The van der Waals surface area contributed by atoms with Gasteiger partial charge in [-0.15, -0.1) is 0 Å². The Labute approximate surface area is 118 Å². The Bertz CT molecular complexity index is 528. The van der Waals surface area contributed by atoms with Crippen molar-refractivity contribution in [3.8, 4) is 0 Å². The van der Waals surface area contributed by atoms with Crippen LogP contribution in [0.5, 0.6) is 0 Å². The largest absolute Gasteiger partial charge is 0.481 e. The Balaban J connectivity index is 1.74. The van der Waals surface area contributed by atoms with E-state index in [1.807, 2.05) is 35.2 Å². The summed E-state index contributed by atoms with van der Waals surface area (Å²) in [4.78, 5) is 25.4. The van der Waals surface area contributed by atoms with Gasteiger partial charge in [0.05, 0.1) is 17.9 Å². The van der Waals surface area contributed by atoms with Crippen LogP contribution in [0.2, 0.25) is 0 Å². The molecule has 106 valence electrons. The van der Waals surface area contributed by atoms with Gasteiger partial charge in [0.15, 0.2) is 0 Å². The minimum atomic E-state index is -0.834. The highest BCUT2D eigenvalue weighted by Gasteiger charge is 2.48. The van der Waals surface area contributed by atoms with E-state index in [1.165, 1.54) is 0 Å². The molecule has 4 nitrogen and oxygen atoms in total. The van der Waals surface area contributed by atoms with Crippen LogP contribution in [0.4, 0.5) is 0 Å². The van der Waals surface area contributed by atoms with Gasteiger partial charge in [0.2, 0.25) is 5.91 Å². The first-order valence-electron chi connectivity index (χ1n) is 7.18. The van der Waals surface area contributed by atoms with Gasteiger partial charge in [0.1, 0.15) is 0 Å². The molecule has 1 N–H and O–H groups in total. The van der Waals surface area contributed by atoms with Gasteiger partial charge in [-0.2, -0.15) is 0 Å². The maximum atomic E-state index is 12.5. The quantitative estimate of drug-likeness (QED) is 0.919. The Morgan fingerprint density at radius 2 is 1.80 bits per heavy atom. The van der Waals surface area contributed by atoms with Crippen molar-refractivity contribution in [2.24, 2.45) is 17.8 Å². The summed E-state index contributed by atoms with van der Waals surface area (Å²) < 4.78 is 0. The molecule has 1 heterocycles. The summed E-state index contributed by atoms with van der Waals surface area (Å²) in [6, 6.07) is 10.1. The summed E-state index contributed by atoms with van der Waals surface area (Å²) in [6.07, 6.45) is 1.34. The Morgan fingerprint density at radius 3 is 2.30 bits per heavy atom. The van der Waals surface area contributed by atoms with E-state index in [2.05, 4.69) is 6.92 Å². The monoisotopic (exact) mass is 273 g/mol. The third kappa shape index (κ3) is 1.99. The van der Waals surface area contributed by atoms with Crippen molar-refractivity contribution >= 4 is 11.9 Å². The Kier molecular flexibility index (Phi) is 3.24. The van der Waals surface area contributed by atoms with Crippen molar-refractivity contribution in [3.05, 3.63) is 35.9 Å². The summed E-state index contributed by atoms with van der Waals surface area (Å²) >= 11 is 0. The molecule has 1 amide bonds. The number of carboxylic acid groups (broad SMARTS) is 1. The van der Waals surface area contributed by atoms with Gasteiger partial charge in [-0.3, -0.25) is 9.59 Å². The van der Waals surface area contributed by atoms with Crippen LogP contribution in [0, 0.1) is 17.8 Å². The van der Waals surface area contributed by atoms with E-state index in [-0.39, 0.29) is 17.9 Å². The SMILES string of the molecule is CC1CN(C(=O)C2CCC2C(=O)O)C1c1ccccc1. The third-order valence-corrected chi connectivity index (χ3v) is 4.69. The highest BCUT2D eigenvalue weighted by Crippen LogP contribution is 2.43. The molecule has 4 atom stereocenters. The molecule has 1 aliphatic heterocycles. The fourth-order valence-corrected chi connectivity index (χ4v) is 3.38. The van der Waals surface area contributed by atoms with E-state index >= 15 is 0 Å². The van der Waals surface area contributed by atoms with Crippen LogP contribution in [0.3, 0.4) is 0 Å². The molecule has 0 radical (unpaired) electrons. The number of aliphatic carboxylic acids is 1. The van der Waals surface area contributed by atoms with Gasteiger partial charge in [-0.1, -0.05) is 37.3 Å². The van der Waals surface area contributed by atoms with Crippen molar-refractivity contribution in [3.63, 3.8) is 0 Å². The van der Waals surface area contributed by atoms with Gasteiger partial charge in [0.25, 0.3) is 0 Å². The number of carbonyl (C=O) groups excluding carboxylic acids is 1. The number of benzene rings is 1. The van der Waals surface area contributed by atoms with E-state index in [4.69, 9.17) is 5.11 Å². The summed E-state index contributed by atoms with van der Waals surface area (Å²) in [5.41, 5.74) is 1.14. The normalized spacial score (nSPS) is 32.1. The van der Waals surface area contributed by atoms with Crippen LogP contribution in [-0.4, -0.2) is 28.4 Å². The van der Waals surface area contributed by atoms with Gasteiger partial charge < -0.3 is 10.0 Å². The summed E-state index contributed by atoms with van der Waals surface area (Å²) in [7, 11) is 0. The van der Waals surface area contributed by atoms with Gasteiger partial charge in [-0.05, 0) is 24.3 Å². The molecule has 1 aliphatic carbocycles. The van der Waals surface area contributed by atoms with Crippen LogP contribution >= 0.6 is 0 Å². The Hall–Kier alpha value is -1.84. The molecule has 1 saturated carbocycles. The standard InChI is InChI=1S/C16H19NO3/c1-10-9-17(14(10)11-5-3-2-4-6-11)15(18)12-7-8-13(12)16(19)20/h2-6,10,12-14H,7-9H2,1H3,(H,19,20). The van der Waals surface area contributed by atoms with E-state index in [0.29, 0.717) is 18.8 Å². The van der Waals surface area contributed by atoms with Crippen LogP contribution in [0.15, 0.2) is 30.3 Å². The zero-order valence-corrected chi connectivity index (χ0v) is 11.5. The molecule has 0 aromatic heterocycles. The average Bonchev–Trinajstić information content (AvgIpc) is 2.34. The average molecular weight is 273 g/mol. The van der Waals surface area contributed by atoms with Gasteiger partial charge in [0, 0.05) is 6.54 Å². The molecular formula is C16H19NO3. The lowest BCUT2D eigenvalue weighted by atomic mass is 9.71. The zero-order chi connectivity index (χ0) is 14.3. The molecule has 4 heteroatoms. The first-order chi connectivity index (χ1) is 9.59. The second kappa shape index (κ2) is 4.93. The second-order valence-electron chi connectivity index (χ2n) is 5.95. The topological polar surface area (TPSA) is 57.6 Å². The molecule has 2 fully saturated rings. The molecule has 1 aromatic carbocycles. The number of carbonyl (C=O) groups is 2. The van der Waals surface area contributed by atoms with Crippen LogP contribution in [0.25, 0.3) is 0 Å². The lowest BCUT2D eigenvalue weighted by molar-refractivity contribution is -0.163. The smallest absolute Gasteiger partial charge is 0.307 e. The third-order valence-electron chi connectivity index (χ3n) is 4.69. The van der Waals surface area contributed by atoms with Crippen molar-refractivity contribution in [1.29, 1.82) is 0 Å². The maximum absolute atomic E-state index is 12.5. The van der Waals surface area contributed by atoms with Gasteiger partial charge in [-0.25, -0.2) is 0 Å². The predicted molar refractivity (Wildman–Crippen MR) is 73.9 cm³/mol. The molecule has 4 unspecified atom stereocenters. The van der Waals surface area contributed by atoms with E-state index in [0.717, 1.165) is 12.1 Å². The van der Waals surface area contributed by atoms with Crippen LogP contribution in [-0.2, 0) is 9.59 Å². The minimum absolute atomic E-state index is 0.0237. The maximum Gasteiger partial charge on any atom is 0.307 e. The molecule has 1 saturated heterocycles. The number of rotatable bonds is 3. The lowest BCUT2D eigenvalue weighted by Gasteiger charge is -2.50. The first-order valence-corrected chi connectivity index (χ1v) is 7.18. The summed E-state index contributed by atoms with van der Waals surface area (Å²) in [5.74, 6) is -1.17. The van der Waals surface area contributed by atoms with Crippen LogP contribution in [0.1, 0.15) is 31.4 Å². The highest BCUT2D eigenvalue weighted by molar-refractivity contribution is 5.87. The summed E-state index contributed by atoms with van der Waals surface area (Å²) in [6.45, 7) is 2.87. The molecule has 0 bridgehead atoms. The van der Waals surface area contributed by atoms with E-state index in [9.17, 15) is 9.59 Å². The van der Waals surface area contributed by atoms with Crippen molar-refractivity contribution in [1.82, 2.24) is 4.90 Å². The Morgan fingerprint density at radius 1 is 1.15 bits per heavy atom. The van der Waals surface area contributed by atoms with E-state index < -0.39 is 11.9 Å². The minimum Gasteiger partial charge on any atom is -0.481 e.